The van der Waals surface area contributed by atoms with Gasteiger partial charge in [0, 0.05) is 75.0 Å². The van der Waals surface area contributed by atoms with Crippen LogP contribution in [0.25, 0.3) is 11.4 Å². The zero-order chi connectivity index (χ0) is 17.9. The molecule has 4 rings (SSSR count). The number of nitrogens with zero attached hydrogens (tertiary/aromatic N) is 7. The summed E-state index contributed by atoms with van der Waals surface area (Å²) in [4.78, 5) is 17.9. The Hall–Kier alpha value is -2.80. The first kappa shape index (κ1) is 16.7. The molecule has 0 amide bonds. The Kier molecular flexibility index (Phi) is 4.62. The molecule has 0 saturated carbocycles. The third kappa shape index (κ3) is 3.57. The van der Waals surface area contributed by atoms with Crippen molar-refractivity contribution in [1.29, 1.82) is 0 Å². The fourth-order valence-corrected chi connectivity index (χ4v) is 3.43. The van der Waals surface area contributed by atoms with Gasteiger partial charge in [-0.25, -0.2) is 9.97 Å². The first-order chi connectivity index (χ1) is 12.7. The topological polar surface area (TPSA) is 63.0 Å². The molecule has 0 radical (unpaired) electrons. The number of hydrogen-bond acceptors (Lipinski definition) is 6. The van der Waals surface area contributed by atoms with Crippen LogP contribution in [0.2, 0.25) is 0 Å². The maximum atomic E-state index is 4.50. The molecule has 0 aromatic carbocycles. The Bertz CT molecular complexity index is 844. The predicted octanol–water partition coefficient (Wildman–Crippen LogP) is 1.98. The van der Waals surface area contributed by atoms with Crippen LogP contribution >= 0.6 is 0 Å². The third-order valence-electron chi connectivity index (χ3n) is 4.91. The Labute approximate surface area is 153 Å². The van der Waals surface area contributed by atoms with Crippen LogP contribution < -0.4 is 4.90 Å². The molecule has 4 heterocycles. The van der Waals surface area contributed by atoms with Gasteiger partial charge in [-0.2, -0.15) is 5.10 Å². The van der Waals surface area contributed by atoms with Gasteiger partial charge in [-0.15, -0.1) is 0 Å². The second-order valence-electron chi connectivity index (χ2n) is 6.83. The molecule has 7 heteroatoms. The van der Waals surface area contributed by atoms with Crippen LogP contribution in [0.4, 0.5) is 5.69 Å². The van der Waals surface area contributed by atoms with Gasteiger partial charge in [-0.1, -0.05) is 0 Å². The highest BCUT2D eigenvalue weighted by atomic mass is 15.2. The van der Waals surface area contributed by atoms with Crippen molar-refractivity contribution in [3.8, 4) is 11.4 Å². The SMILES string of the molecule is CN(Cc1cnc(-c2cnn(C)c2)nc1)C1CCN(c2ccncc2)C1. The van der Waals surface area contributed by atoms with Gasteiger partial charge in [0.05, 0.1) is 11.8 Å². The number of likely N-dealkylation sites (N-methyl/N-ethyl adjacent to an activating group) is 1. The standard InChI is InChI=1S/C19H23N7/c1-24(18-5-8-26(14-18)17-3-6-20-7-4-17)12-15-9-21-19(22-10-15)16-11-23-25(2)13-16/h3-4,6-7,9-11,13,18H,5,8,12,14H2,1-2H3. The van der Waals surface area contributed by atoms with Crippen molar-refractivity contribution in [2.24, 2.45) is 7.05 Å². The molecule has 3 aromatic heterocycles. The maximum absolute atomic E-state index is 4.50. The summed E-state index contributed by atoms with van der Waals surface area (Å²) in [5, 5.41) is 4.17. The number of aryl methyl sites for hydroxylation is 1. The molecule has 1 fully saturated rings. The summed E-state index contributed by atoms with van der Waals surface area (Å²) in [5.74, 6) is 0.717. The average Bonchev–Trinajstić information content (AvgIpc) is 3.32. The van der Waals surface area contributed by atoms with Crippen LogP contribution in [0, 0.1) is 0 Å². The Morgan fingerprint density at radius 1 is 1.15 bits per heavy atom. The van der Waals surface area contributed by atoms with Crippen LogP contribution in [0.3, 0.4) is 0 Å². The molecule has 26 heavy (non-hydrogen) atoms. The van der Waals surface area contributed by atoms with Crippen molar-refractivity contribution in [2.75, 3.05) is 25.0 Å². The van der Waals surface area contributed by atoms with Crippen LogP contribution in [-0.4, -0.2) is 55.8 Å². The molecule has 1 saturated heterocycles. The van der Waals surface area contributed by atoms with E-state index in [0.717, 1.165) is 37.2 Å². The molecule has 134 valence electrons. The molecule has 0 bridgehead atoms. The number of anilines is 1. The number of pyridine rings is 1. The molecule has 1 aliphatic heterocycles. The van der Waals surface area contributed by atoms with Gasteiger partial charge >= 0.3 is 0 Å². The van der Waals surface area contributed by atoms with Gasteiger partial charge in [0.1, 0.15) is 0 Å². The normalized spacial score (nSPS) is 17.2. The lowest BCUT2D eigenvalue weighted by Crippen LogP contribution is -2.34. The number of aromatic nitrogens is 5. The van der Waals surface area contributed by atoms with E-state index >= 15 is 0 Å². The van der Waals surface area contributed by atoms with E-state index in [0.29, 0.717) is 11.9 Å². The van der Waals surface area contributed by atoms with Crippen molar-refractivity contribution >= 4 is 5.69 Å². The van der Waals surface area contributed by atoms with E-state index in [-0.39, 0.29) is 0 Å². The Balaban J connectivity index is 1.37. The minimum Gasteiger partial charge on any atom is -0.370 e. The van der Waals surface area contributed by atoms with Crippen molar-refractivity contribution in [3.05, 3.63) is 54.9 Å². The first-order valence-electron chi connectivity index (χ1n) is 8.84. The monoisotopic (exact) mass is 349 g/mol. The average molecular weight is 349 g/mol. The van der Waals surface area contributed by atoms with Crippen LogP contribution in [0.1, 0.15) is 12.0 Å². The maximum Gasteiger partial charge on any atom is 0.162 e. The third-order valence-corrected chi connectivity index (χ3v) is 4.91. The largest absolute Gasteiger partial charge is 0.370 e. The summed E-state index contributed by atoms with van der Waals surface area (Å²) < 4.78 is 1.76. The molecule has 0 spiro atoms. The van der Waals surface area contributed by atoms with E-state index in [4.69, 9.17) is 0 Å². The van der Waals surface area contributed by atoms with Crippen molar-refractivity contribution in [3.63, 3.8) is 0 Å². The summed E-state index contributed by atoms with van der Waals surface area (Å²) in [6, 6.07) is 4.68. The van der Waals surface area contributed by atoms with Gasteiger partial charge in [0.15, 0.2) is 5.82 Å². The minimum absolute atomic E-state index is 0.529. The van der Waals surface area contributed by atoms with E-state index in [2.05, 4.69) is 49.0 Å². The van der Waals surface area contributed by atoms with Crippen molar-refractivity contribution < 1.29 is 0 Å². The highest BCUT2D eigenvalue weighted by Gasteiger charge is 2.26. The number of rotatable bonds is 5. The lowest BCUT2D eigenvalue weighted by atomic mass is 10.2. The lowest BCUT2D eigenvalue weighted by Gasteiger charge is -2.25. The van der Waals surface area contributed by atoms with Gasteiger partial charge in [0.2, 0.25) is 0 Å². The molecule has 1 atom stereocenters. The van der Waals surface area contributed by atoms with E-state index in [1.54, 1.807) is 10.9 Å². The molecule has 0 aliphatic carbocycles. The summed E-state index contributed by atoms with van der Waals surface area (Å²) in [6.07, 6.45) is 12.4. The quantitative estimate of drug-likeness (QED) is 0.702. The van der Waals surface area contributed by atoms with Crippen molar-refractivity contribution in [2.45, 2.75) is 19.0 Å². The van der Waals surface area contributed by atoms with Gasteiger partial charge < -0.3 is 4.90 Å². The summed E-state index contributed by atoms with van der Waals surface area (Å²) in [5.41, 5.74) is 3.32. The summed E-state index contributed by atoms with van der Waals surface area (Å²) in [7, 11) is 4.07. The van der Waals surface area contributed by atoms with E-state index in [9.17, 15) is 0 Å². The van der Waals surface area contributed by atoms with Crippen LogP contribution in [-0.2, 0) is 13.6 Å². The van der Waals surface area contributed by atoms with Crippen LogP contribution in [0.15, 0.2) is 49.3 Å². The minimum atomic E-state index is 0.529. The zero-order valence-electron chi connectivity index (χ0n) is 15.2. The first-order valence-corrected chi connectivity index (χ1v) is 8.84. The van der Waals surface area contributed by atoms with Gasteiger partial charge in [-0.3, -0.25) is 14.6 Å². The highest BCUT2D eigenvalue weighted by Crippen LogP contribution is 2.22. The van der Waals surface area contributed by atoms with E-state index in [1.165, 1.54) is 5.69 Å². The molecule has 7 nitrogen and oxygen atoms in total. The van der Waals surface area contributed by atoms with Crippen LogP contribution in [0.5, 0.6) is 0 Å². The van der Waals surface area contributed by atoms with Gasteiger partial charge in [-0.05, 0) is 25.6 Å². The zero-order valence-corrected chi connectivity index (χ0v) is 15.2. The lowest BCUT2D eigenvalue weighted by molar-refractivity contribution is 0.250. The summed E-state index contributed by atoms with van der Waals surface area (Å²) >= 11 is 0. The fourth-order valence-electron chi connectivity index (χ4n) is 3.43. The smallest absolute Gasteiger partial charge is 0.162 e. The molecular weight excluding hydrogens is 326 g/mol. The molecular formula is C19H23N7. The Morgan fingerprint density at radius 3 is 2.62 bits per heavy atom. The van der Waals surface area contributed by atoms with E-state index in [1.807, 2.05) is 38.0 Å². The molecule has 0 N–H and O–H groups in total. The fraction of sp³-hybridized carbons (Fsp3) is 0.368. The Morgan fingerprint density at radius 2 is 1.92 bits per heavy atom. The van der Waals surface area contributed by atoms with Crippen molar-refractivity contribution in [1.82, 2.24) is 29.6 Å². The molecule has 1 unspecified atom stereocenters. The number of hydrogen-bond donors (Lipinski definition) is 0. The summed E-state index contributed by atoms with van der Waals surface area (Å²) in [6.45, 7) is 2.97. The molecule has 3 aromatic rings. The highest BCUT2D eigenvalue weighted by molar-refractivity contribution is 5.51. The second-order valence-corrected chi connectivity index (χ2v) is 6.83. The molecule has 1 aliphatic rings. The van der Waals surface area contributed by atoms with Gasteiger partial charge in [0.25, 0.3) is 0 Å². The van der Waals surface area contributed by atoms with E-state index < -0.39 is 0 Å². The predicted molar refractivity (Wildman–Crippen MR) is 101 cm³/mol. The second kappa shape index (κ2) is 7.21.